The van der Waals surface area contributed by atoms with E-state index in [9.17, 15) is 4.79 Å². The fourth-order valence-corrected chi connectivity index (χ4v) is 1.69. The predicted octanol–water partition coefficient (Wildman–Crippen LogP) is 0.814. The van der Waals surface area contributed by atoms with Crippen LogP contribution in [-0.4, -0.2) is 38.7 Å². The molecular formula is C11H14Cl2N6O. The lowest BCUT2D eigenvalue weighted by molar-refractivity contribution is 0.0941. The molecule has 108 valence electrons. The summed E-state index contributed by atoms with van der Waals surface area (Å²) in [6, 6.07) is 4.78. The molecule has 7 nitrogen and oxygen atoms in total. The number of nitrogens with zero attached hydrogens (tertiary/aromatic N) is 4. The van der Waals surface area contributed by atoms with Gasteiger partial charge < -0.3 is 11.1 Å². The zero-order valence-electron chi connectivity index (χ0n) is 10.7. The highest BCUT2D eigenvalue weighted by atomic mass is 35.5. The number of rotatable bonds is 4. The van der Waals surface area contributed by atoms with Crippen LogP contribution >= 0.6 is 24.0 Å². The van der Waals surface area contributed by atoms with Crippen molar-refractivity contribution in [1.29, 1.82) is 0 Å². The number of tetrazole rings is 1. The molecule has 1 aromatic carbocycles. The minimum absolute atomic E-state index is 0. The molecule has 0 aliphatic heterocycles. The van der Waals surface area contributed by atoms with Crippen LogP contribution in [-0.2, 0) is 0 Å². The van der Waals surface area contributed by atoms with Crippen molar-refractivity contribution < 1.29 is 4.79 Å². The SMILES string of the molecule is C[C@@H](CN)NC(=O)c1cc(Cl)ccc1-n1cnnn1.Cl. The summed E-state index contributed by atoms with van der Waals surface area (Å²) in [6.07, 6.45) is 1.41. The molecule has 2 aromatic rings. The van der Waals surface area contributed by atoms with Crippen LogP contribution in [0, 0.1) is 0 Å². The lowest BCUT2D eigenvalue weighted by atomic mass is 10.1. The summed E-state index contributed by atoms with van der Waals surface area (Å²) in [5.41, 5.74) is 6.42. The average molecular weight is 317 g/mol. The molecule has 0 bridgehead atoms. The molecular weight excluding hydrogens is 303 g/mol. The molecule has 9 heteroatoms. The van der Waals surface area contributed by atoms with Crippen molar-refractivity contribution in [2.75, 3.05) is 6.54 Å². The van der Waals surface area contributed by atoms with Gasteiger partial charge in [0.1, 0.15) is 6.33 Å². The summed E-state index contributed by atoms with van der Waals surface area (Å²) in [5.74, 6) is -0.272. The van der Waals surface area contributed by atoms with Gasteiger partial charge in [-0.05, 0) is 35.5 Å². The third-order valence-corrected chi connectivity index (χ3v) is 2.77. The second kappa shape index (κ2) is 7.18. The van der Waals surface area contributed by atoms with Crippen LogP contribution in [0.5, 0.6) is 0 Å². The molecule has 0 aliphatic rings. The maximum absolute atomic E-state index is 12.2. The first-order valence-corrected chi connectivity index (χ1v) is 6.03. The molecule has 1 aromatic heterocycles. The van der Waals surface area contributed by atoms with Gasteiger partial charge >= 0.3 is 0 Å². The van der Waals surface area contributed by atoms with Gasteiger partial charge in [0.25, 0.3) is 5.91 Å². The number of nitrogens with two attached hydrogens (primary N) is 1. The Morgan fingerprint density at radius 2 is 2.30 bits per heavy atom. The minimum Gasteiger partial charge on any atom is -0.348 e. The lowest BCUT2D eigenvalue weighted by Crippen LogP contribution is -2.38. The number of hydrogen-bond donors (Lipinski definition) is 2. The van der Waals surface area contributed by atoms with E-state index in [1.54, 1.807) is 18.2 Å². The van der Waals surface area contributed by atoms with Crippen LogP contribution in [0.1, 0.15) is 17.3 Å². The summed E-state index contributed by atoms with van der Waals surface area (Å²) < 4.78 is 1.40. The Labute approximate surface area is 126 Å². The van der Waals surface area contributed by atoms with Crippen molar-refractivity contribution in [3.05, 3.63) is 35.1 Å². The van der Waals surface area contributed by atoms with Crippen molar-refractivity contribution in [2.24, 2.45) is 5.73 Å². The Morgan fingerprint density at radius 3 is 2.90 bits per heavy atom. The summed E-state index contributed by atoms with van der Waals surface area (Å²) in [4.78, 5) is 12.2. The first-order chi connectivity index (χ1) is 9.11. The monoisotopic (exact) mass is 316 g/mol. The Morgan fingerprint density at radius 1 is 1.55 bits per heavy atom. The fraction of sp³-hybridized carbons (Fsp3) is 0.273. The normalized spacial score (nSPS) is 11.6. The molecule has 1 amide bonds. The second-order valence-corrected chi connectivity index (χ2v) is 4.46. The van der Waals surface area contributed by atoms with Crippen molar-refractivity contribution in [1.82, 2.24) is 25.5 Å². The third-order valence-electron chi connectivity index (χ3n) is 2.53. The molecule has 0 radical (unpaired) electrons. The summed E-state index contributed by atoms with van der Waals surface area (Å²) in [7, 11) is 0. The largest absolute Gasteiger partial charge is 0.348 e. The van der Waals surface area contributed by atoms with E-state index >= 15 is 0 Å². The molecule has 2 rings (SSSR count). The van der Waals surface area contributed by atoms with Crippen LogP contribution in [0.2, 0.25) is 5.02 Å². The Hall–Kier alpha value is -1.70. The highest BCUT2D eigenvalue weighted by Crippen LogP contribution is 2.19. The highest BCUT2D eigenvalue weighted by molar-refractivity contribution is 6.31. The van der Waals surface area contributed by atoms with E-state index in [1.165, 1.54) is 11.0 Å². The number of carbonyl (C=O) groups excluding carboxylic acids is 1. The van der Waals surface area contributed by atoms with Gasteiger partial charge in [0.2, 0.25) is 0 Å². The number of halogens is 2. The number of nitrogens with one attached hydrogen (secondary N) is 1. The molecule has 0 aliphatic carbocycles. The van der Waals surface area contributed by atoms with Crippen molar-refractivity contribution in [3.63, 3.8) is 0 Å². The Bertz CT molecular complexity index is 574. The lowest BCUT2D eigenvalue weighted by Gasteiger charge is -2.13. The van der Waals surface area contributed by atoms with E-state index < -0.39 is 0 Å². The quantitative estimate of drug-likeness (QED) is 0.869. The zero-order valence-corrected chi connectivity index (χ0v) is 12.2. The first-order valence-electron chi connectivity index (χ1n) is 5.65. The molecule has 0 saturated heterocycles. The van der Waals surface area contributed by atoms with E-state index in [4.69, 9.17) is 17.3 Å². The topological polar surface area (TPSA) is 98.7 Å². The average Bonchev–Trinajstić information content (AvgIpc) is 2.92. The molecule has 0 fully saturated rings. The molecule has 1 heterocycles. The second-order valence-electron chi connectivity index (χ2n) is 4.03. The fourth-order valence-electron chi connectivity index (χ4n) is 1.52. The highest BCUT2D eigenvalue weighted by Gasteiger charge is 2.15. The van der Waals surface area contributed by atoms with Gasteiger partial charge in [-0.1, -0.05) is 11.6 Å². The van der Waals surface area contributed by atoms with Crippen molar-refractivity contribution in [2.45, 2.75) is 13.0 Å². The summed E-state index contributed by atoms with van der Waals surface area (Å²) in [6.45, 7) is 2.17. The number of hydrogen-bond acceptors (Lipinski definition) is 5. The molecule has 0 saturated carbocycles. The Balaban J connectivity index is 0.00000200. The van der Waals surface area contributed by atoms with Gasteiger partial charge in [0.15, 0.2) is 0 Å². The van der Waals surface area contributed by atoms with Crippen LogP contribution in [0.25, 0.3) is 5.69 Å². The first kappa shape index (κ1) is 16.4. The van der Waals surface area contributed by atoms with Crippen molar-refractivity contribution >= 4 is 29.9 Å². The minimum atomic E-state index is -0.272. The van der Waals surface area contributed by atoms with E-state index in [0.717, 1.165) is 0 Å². The van der Waals surface area contributed by atoms with E-state index in [1.807, 2.05) is 6.92 Å². The van der Waals surface area contributed by atoms with Crippen LogP contribution in [0.3, 0.4) is 0 Å². The molecule has 0 unspecified atom stereocenters. The molecule has 3 N–H and O–H groups in total. The van der Waals surface area contributed by atoms with Gasteiger partial charge in [-0.2, -0.15) is 4.68 Å². The van der Waals surface area contributed by atoms with E-state index in [0.29, 0.717) is 22.8 Å². The number of amides is 1. The van der Waals surface area contributed by atoms with Gasteiger partial charge in [0.05, 0.1) is 11.3 Å². The third kappa shape index (κ3) is 3.66. The van der Waals surface area contributed by atoms with Crippen molar-refractivity contribution in [3.8, 4) is 5.69 Å². The van der Waals surface area contributed by atoms with E-state index in [2.05, 4.69) is 20.8 Å². The standard InChI is InChI=1S/C11H13ClN6O.ClH/c1-7(5-13)15-11(19)9-4-8(12)2-3-10(9)18-6-14-16-17-18;/h2-4,6-7H,5,13H2,1H3,(H,15,19);1H/t7-;/m0./s1. The number of aromatic nitrogens is 4. The van der Waals surface area contributed by atoms with Gasteiger partial charge in [-0.25, -0.2) is 0 Å². The van der Waals surface area contributed by atoms with Gasteiger partial charge in [-0.15, -0.1) is 17.5 Å². The molecule has 0 spiro atoms. The maximum Gasteiger partial charge on any atom is 0.253 e. The summed E-state index contributed by atoms with van der Waals surface area (Å²) in [5, 5.41) is 14.1. The van der Waals surface area contributed by atoms with Crippen LogP contribution < -0.4 is 11.1 Å². The van der Waals surface area contributed by atoms with Gasteiger partial charge in [0, 0.05) is 17.6 Å². The van der Waals surface area contributed by atoms with Crippen LogP contribution in [0.15, 0.2) is 24.5 Å². The smallest absolute Gasteiger partial charge is 0.253 e. The summed E-state index contributed by atoms with van der Waals surface area (Å²) >= 11 is 5.93. The maximum atomic E-state index is 12.2. The van der Waals surface area contributed by atoms with Gasteiger partial charge in [-0.3, -0.25) is 4.79 Å². The van der Waals surface area contributed by atoms with E-state index in [-0.39, 0.29) is 24.4 Å². The molecule has 1 atom stereocenters. The number of carbonyl (C=O) groups is 1. The number of benzene rings is 1. The predicted molar refractivity (Wildman–Crippen MR) is 77.4 cm³/mol. The Kier molecular flexibility index (Phi) is 5.87. The van der Waals surface area contributed by atoms with Crippen LogP contribution in [0.4, 0.5) is 0 Å². The molecule has 20 heavy (non-hydrogen) atoms. The zero-order chi connectivity index (χ0) is 13.8.